The van der Waals surface area contributed by atoms with Crippen molar-refractivity contribution < 1.29 is 14.3 Å². The number of rotatable bonds is 6. The Balaban J connectivity index is 2.59. The lowest BCUT2D eigenvalue weighted by Crippen LogP contribution is -2.36. The first-order chi connectivity index (χ1) is 8.51. The largest absolute Gasteiger partial charge is 0.435 e. The van der Waals surface area contributed by atoms with E-state index in [0.717, 1.165) is 19.3 Å². The van der Waals surface area contributed by atoms with Crippen LogP contribution in [0.3, 0.4) is 0 Å². The Morgan fingerprint density at radius 3 is 2.33 bits per heavy atom. The molecule has 106 valence electrons. The van der Waals surface area contributed by atoms with Crippen LogP contribution in [0.15, 0.2) is 0 Å². The monoisotopic (exact) mass is 256 g/mol. The Labute approximate surface area is 111 Å². The van der Waals surface area contributed by atoms with E-state index in [1.165, 1.54) is 19.3 Å². The molecule has 0 N–H and O–H groups in total. The van der Waals surface area contributed by atoms with Crippen molar-refractivity contribution in [3.63, 3.8) is 0 Å². The van der Waals surface area contributed by atoms with Crippen LogP contribution in [0.2, 0.25) is 0 Å². The van der Waals surface area contributed by atoms with E-state index in [9.17, 15) is 4.79 Å². The van der Waals surface area contributed by atoms with E-state index in [1.54, 1.807) is 0 Å². The lowest BCUT2D eigenvalue weighted by Gasteiger charge is -2.32. The Kier molecular flexibility index (Phi) is 6.13. The minimum absolute atomic E-state index is 0.131. The fourth-order valence-corrected chi connectivity index (χ4v) is 2.25. The molecule has 3 nitrogen and oxygen atoms in total. The third-order valence-corrected chi connectivity index (χ3v) is 4.03. The standard InChI is InChI=1S/C15H28O3/c1-5-15(3,4)14(16)18-13(17-6-2)12-10-8-7-9-11-12/h12-13H,5-11H2,1-4H3. The van der Waals surface area contributed by atoms with Crippen molar-refractivity contribution in [2.45, 2.75) is 72.5 Å². The maximum Gasteiger partial charge on any atom is 0.313 e. The Bertz CT molecular complexity index is 254. The minimum atomic E-state index is -0.413. The summed E-state index contributed by atoms with van der Waals surface area (Å²) in [6.45, 7) is 8.42. The normalized spacial score (nSPS) is 19.6. The van der Waals surface area contributed by atoms with Crippen LogP contribution in [0.1, 0.15) is 66.2 Å². The van der Waals surface area contributed by atoms with Crippen molar-refractivity contribution in [2.24, 2.45) is 11.3 Å². The summed E-state index contributed by atoms with van der Waals surface area (Å²) in [5.74, 6) is 0.254. The summed E-state index contributed by atoms with van der Waals surface area (Å²) in [6, 6.07) is 0. The molecule has 0 radical (unpaired) electrons. The Morgan fingerprint density at radius 1 is 1.22 bits per heavy atom. The van der Waals surface area contributed by atoms with Gasteiger partial charge in [-0.2, -0.15) is 0 Å². The Morgan fingerprint density at radius 2 is 1.83 bits per heavy atom. The number of carbonyl (C=O) groups excluding carboxylic acids is 1. The van der Waals surface area contributed by atoms with Crippen LogP contribution >= 0.6 is 0 Å². The van der Waals surface area contributed by atoms with E-state index in [2.05, 4.69) is 0 Å². The average Bonchev–Trinajstić information content (AvgIpc) is 2.39. The molecule has 1 atom stereocenters. The number of ether oxygens (including phenoxy) is 2. The van der Waals surface area contributed by atoms with Gasteiger partial charge in [-0.05, 0) is 40.0 Å². The molecule has 3 heteroatoms. The van der Waals surface area contributed by atoms with Gasteiger partial charge in [0.05, 0.1) is 5.41 Å². The summed E-state index contributed by atoms with van der Waals surface area (Å²) < 4.78 is 11.3. The van der Waals surface area contributed by atoms with Crippen LogP contribution in [0.4, 0.5) is 0 Å². The highest BCUT2D eigenvalue weighted by Crippen LogP contribution is 2.31. The van der Waals surface area contributed by atoms with E-state index in [-0.39, 0.29) is 12.3 Å². The van der Waals surface area contributed by atoms with Gasteiger partial charge < -0.3 is 9.47 Å². The first kappa shape index (κ1) is 15.5. The van der Waals surface area contributed by atoms with Gasteiger partial charge in [0, 0.05) is 12.5 Å². The van der Waals surface area contributed by atoms with E-state index in [0.29, 0.717) is 12.5 Å². The van der Waals surface area contributed by atoms with Crippen LogP contribution < -0.4 is 0 Å². The molecule has 0 spiro atoms. The third-order valence-electron chi connectivity index (χ3n) is 4.03. The number of esters is 1. The molecular formula is C15H28O3. The zero-order valence-electron chi connectivity index (χ0n) is 12.3. The maximum atomic E-state index is 12.1. The number of hydrogen-bond acceptors (Lipinski definition) is 3. The molecule has 0 aromatic rings. The summed E-state index contributed by atoms with van der Waals surface area (Å²) in [5.41, 5.74) is -0.413. The summed E-state index contributed by atoms with van der Waals surface area (Å²) in [4.78, 5) is 12.1. The van der Waals surface area contributed by atoms with Gasteiger partial charge in [0.25, 0.3) is 0 Å². The molecule has 1 saturated carbocycles. The third kappa shape index (κ3) is 4.27. The minimum Gasteiger partial charge on any atom is -0.435 e. The molecule has 1 aliphatic rings. The topological polar surface area (TPSA) is 35.5 Å². The van der Waals surface area contributed by atoms with Crippen LogP contribution in [0.25, 0.3) is 0 Å². The van der Waals surface area contributed by atoms with Gasteiger partial charge in [0.1, 0.15) is 0 Å². The molecule has 0 bridgehead atoms. The summed E-state index contributed by atoms with van der Waals surface area (Å²) in [5, 5.41) is 0. The molecule has 18 heavy (non-hydrogen) atoms. The summed E-state index contributed by atoms with van der Waals surface area (Å²) in [6.07, 6.45) is 6.42. The summed E-state index contributed by atoms with van der Waals surface area (Å²) >= 11 is 0. The van der Waals surface area contributed by atoms with Gasteiger partial charge in [-0.15, -0.1) is 0 Å². The molecule has 0 saturated heterocycles. The highest BCUT2D eigenvalue weighted by molar-refractivity contribution is 5.75. The molecule has 0 aromatic heterocycles. The molecule has 0 amide bonds. The van der Waals surface area contributed by atoms with Crippen LogP contribution in [-0.4, -0.2) is 18.9 Å². The van der Waals surface area contributed by atoms with Crippen molar-refractivity contribution in [3.05, 3.63) is 0 Å². The van der Waals surface area contributed by atoms with Gasteiger partial charge in [-0.3, -0.25) is 4.79 Å². The number of hydrogen-bond donors (Lipinski definition) is 0. The van der Waals surface area contributed by atoms with Gasteiger partial charge in [-0.1, -0.05) is 26.2 Å². The van der Waals surface area contributed by atoms with Crippen molar-refractivity contribution in [3.8, 4) is 0 Å². The second-order valence-corrected chi connectivity index (χ2v) is 5.86. The van der Waals surface area contributed by atoms with Crippen LogP contribution in [0, 0.1) is 11.3 Å². The maximum absolute atomic E-state index is 12.1. The highest BCUT2D eigenvalue weighted by Gasteiger charge is 2.33. The highest BCUT2D eigenvalue weighted by atomic mass is 16.7. The van der Waals surface area contributed by atoms with Crippen molar-refractivity contribution in [1.82, 2.24) is 0 Å². The van der Waals surface area contributed by atoms with Gasteiger partial charge in [0.2, 0.25) is 6.29 Å². The molecule has 0 heterocycles. The predicted molar refractivity (Wildman–Crippen MR) is 72.2 cm³/mol. The van der Waals surface area contributed by atoms with Crippen LogP contribution in [-0.2, 0) is 14.3 Å². The predicted octanol–water partition coefficient (Wildman–Crippen LogP) is 3.91. The van der Waals surface area contributed by atoms with Gasteiger partial charge in [0.15, 0.2) is 0 Å². The smallest absolute Gasteiger partial charge is 0.313 e. The zero-order valence-corrected chi connectivity index (χ0v) is 12.3. The van der Waals surface area contributed by atoms with Gasteiger partial charge >= 0.3 is 5.97 Å². The van der Waals surface area contributed by atoms with E-state index in [4.69, 9.17) is 9.47 Å². The SMILES string of the molecule is CCOC(OC(=O)C(C)(C)CC)C1CCCCC1. The van der Waals surface area contributed by atoms with E-state index >= 15 is 0 Å². The first-order valence-electron chi connectivity index (χ1n) is 7.34. The lowest BCUT2D eigenvalue weighted by molar-refractivity contribution is -0.202. The fraction of sp³-hybridized carbons (Fsp3) is 0.933. The van der Waals surface area contributed by atoms with Crippen molar-refractivity contribution in [1.29, 1.82) is 0 Å². The second kappa shape index (κ2) is 7.13. The van der Waals surface area contributed by atoms with E-state index in [1.807, 2.05) is 27.7 Å². The second-order valence-electron chi connectivity index (χ2n) is 5.86. The van der Waals surface area contributed by atoms with Crippen molar-refractivity contribution in [2.75, 3.05) is 6.61 Å². The fourth-order valence-electron chi connectivity index (χ4n) is 2.25. The lowest BCUT2D eigenvalue weighted by atomic mass is 9.88. The van der Waals surface area contributed by atoms with Crippen molar-refractivity contribution >= 4 is 5.97 Å². The molecule has 1 rings (SSSR count). The van der Waals surface area contributed by atoms with E-state index < -0.39 is 5.41 Å². The molecule has 1 fully saturated rings. The van der Waals surface area contributed by atoms with Crippen LogP contribution in [0.5, 0.6) is 0 Å². The zero-order chi connectivity index (χ0) is 13.6. The quantitative estimate of drug-likeness (QED) is 0.534. The molecular weight excluding hydrogens is 228 g/mol. The molecule has 1 unspecified atom stereocenters. The molecule has 1 aliphatic carbocycles. The number of carbonyl (C=O) groups is 1. The van der Waals surface area contributed by atoms with Gasteiger partial charge in [-0.25, -0.2) is 0 Å². The summed E-state index contributed by atoms with van der Waals surface area (Å²) in [7, 11) is 0. The first-order valence-corrected chi connectivity index (χ1v) is 7.34. The molecule has 0 aromatic carbocycles. The Hall–Kier alpha value is -0.570. The molecule has 0 aliphatic heterocycles. The average molecular weight is 256 g/mol.